The molecule has 0 spiro atoms. The van der Waals surface area contributed by atoms with Crippen molar-refractivity contribution in [1.82, 2.24) is 5.32 Å². The lowest BCUT2D eigenvalue weighted by atomic mass is 10.0. The molecule has 0 saturated heterocycles. The van der Waals surface area contributed by atoms with Crippen LogP contribution in [0.3, 0.4) is 0 Å². The number of aliphatic hydroxyl groups is 1. The van der Waals surface area contributed by atoms with Crippen LogP contribution in [-0.2, 0) is 11.2 Å². The summed E-state index contributed by atoms with van der Waals surface area (Å²) in [5, 5.41) is 12.9. The fraction of sp³-hybridized carbons (Fsp3) is 0.312. The van der Waals surface area contributed by atoms with E-state index >= 15 is 0 Å². The summed E-state index contributed by atoms with van der Waals surface area (Å²) in [7, 11) is 0. The van der Waals surface area contributed by atoms with Gasteiger partial charge in [-0.15, -0.1) is 11.3 Å². The molecule has 0 aliphatic rings. The third kappa shape index (κ3) is 4.37. The second-order valence-corrected chi connectivity index (χ2v) is 6.41. The van der Waals surface area contributed by atoms with Gasteiger partial charge >= 0.3 is 0 Å². The highest BCUT2D eigenvalue weighted by atomic mass is 32.1. The normalized spacial score (nSPS) is 13.7. The number of benzene rings is 1. The quantitative estimate of drug-likeness (QED) is 0.892. The monoisotopic (exact) mass is 307 g/mol. The molecule has 0 aliphatic heterocycles. The summed E-state index contributed by atoms with van der Waals surface area (Å²) in [4.78, 5) is 14.1. The average Bonchev–Trinajstić information content (AvgIpc) is 2.83. The summed E-state index contributed by atoms with van der Waals surface area (Å²) >= 11 is 1.58. The van der Waals surface area contributed by atoms with Crippen LogP contribution < -0.4 is 5.32 Å². The van der Waals surface area contributed by atoms with E-state index in [1.54, 1.807) is 18.3 Å². The van der Waals surface area contributed by atoms with Crippen LogP contribution in [0.1, 0.15) is 28.3 Å². The molecule has 2 unspecified atom stereocenters. The number of thiophene rings is 1. The zero-order valence-corrected chi connectivity index (χ0v) is 12.8. The van der Waals surface area contributed by atoms with E-state index in [2.05, 4.69) is 5.32 Å². The number of halogens is 1. The summed E-state index contributed by atoms with van der Waals surface area (Å²) in [5.74, 6) is -0.485. The minimum Gasteiger partial charge on any atom is -0.386 e. The van der Waals surface area contributed by atoms with E-state index in [0.717, 1.165) is 9.75 Å². The number of carbonyl (C=O) groups excluding carboxylic acids is 1. The summed E-state index contributed by atoms with van der Waals surface area (Å²) < 4.78 is 12.9. The first kappa shape index (κ1) is 15.7. The van der Waals surface area contributed by atoms with Crippen molar-refractivity contribution in [1.29, 1.82) is 0 Å². The summed E-state index contributed by atoms with van der Waals surface area (Å²) in [6.45, 7) is 3.72. The zero-order valence-electron chi connectivity index (χ0n) is 12.0. The number of aryl methyl sites for hydroxylation is 1. The molecule has 1 aromatic heterocycles. The number of rotatable bonds is 5. The van der Waals surface area contributed by atoms with Gasteiger partial charge in [0.1, 0.15) is 5.82 Å². The Hall–Kier alpha value is -1.72. The third-order valence-corrected chi connectivity index (χ3v) is 4.21. The number of carbonyl (C=O) groups is 1. The first-order valence-corrected chi connectivity index (χ1v) is 7.55. The topological polar surface area (TPSA) is 49.3 Å². The van der Waals surface area contributed by atoms with Crippen LogP contribution in [-0.4, -0.2) is 17.1 Å². The molecular weight excluding hydrogens is 289 g/mol. The van der Waals surface area contributed by atoms with E-state index in [-0.39, 0.29) is 11.7 Å². The number of hydrogen-bond acceptors (Lipinski definition) is 3. The van der Waals surface area contributed by atoms with Gasteiger partial charge in [-0.05, 0) is 43.7 Å². The van der Waals surface area contributed by atoms with Crippen LogP contribution in [0.5, 0.6) is 0 Å². The lowest BCUT2D eigenvalue weighted by molar-refractivity contribution is -0.121. The van der Waals surface area contributed by atoms with E-state index < -0.39 is 12.1 Å². The maximum atomic E-state index is 12.9. The maximum absolute atomic E-state index is 12.9. The first-order chi connectivity index (χ1) is 9.95. The molecule has 2 atom stereocenters. The van der Waals surface area contributed by atoms with Crippen LogP contribution in [0.4, 0.5) is 4.39 Å². The summed E-state index contributed by atoms with van der Waals surface area (Å²) in [6.07, 6.45) is -0.557. The lowest BCUT2D eigenvalue weighted by Gasteiger charge is -2.20. The highest BCUT2D eigenvalue weighted by Gasteiger charge is 2.18. The standard InChI is InChI=1S/C16H18FNO2S/c1-10-3-8-14(21-10)9-15(19)18-11(2)16(20)12-4-6-13(17)7-5-12/h3-8,11,16,20H,9H2,1-2H3,(H,18,19). The van der Waals surface area contributed by atoms with Crippen molar-refractivity contribution in [3.05, 3.63) is 57.5 Å². The Balaban J connectivity index is 1.92. The van der Waals surface area contributed by atoms with E-state index in [1.165, 1.54) is 24.3 Å². The van der Waals surface area contributed by atoms with Crippen molar-refractivity contribution in [3.8, 4) is 0 Å². The first-order valence-electron chi connectivity index (χ1n) is 6.74. The zero-order chi connectivity index (χ0) is 15.4. The Kier molecular flexibility index (Phi) is 5.09. The van der Waals surface area contributed by atoms with Crippen molar-refractivity contribution < 1.29 is 14.3 Å². The Morgan fingerprint density at radius 1 is 1.29 bits per heavy atom. The second kappa shape index (κ2) is 6.83. The fourth-order valence-electron chi connectivity index (χ4n) is 2.07. The molecule has 0 saturated carbocycles. The molecule has 112 valence electrons. The van der Waals surface area contributed by atoms with Crippen molar-refractivity contribution in [3.63, 3.8) is 0 Å². The molecular formula is C16H18FNO2S. The predicted molar refractivity (Wildman–Crippen MR) is 81.7 cm³/mol. The van der Waals surface area contributed by atoms with E-state index in [1.807, 2.05) is 19.1 Å². The van der Waals surface area contributed by atoms with Gasteiger partial charge in [0, 0.05) is 9.75 Å². The number of aliphatic hydroxyl groups excluding tert-OH is 1. The smallest absolute Gasteiger partial charge is 0.225 e. The predicted octanol–water partition coefficient (Wildman–Crippen LogP) is 2.98. The summed E-state index contributed by atoms with van der Waals surface area (Å²) in [6, 6.07) is 9.09. The Morgan fingerprint density at radius 3 is 2.52 bits per heavy atom. The van der Waals surface area contributed by atoms with Crippen molar-refractivity contribution in [2.75, 3.05) is 0 Å². The molecule has 0 radical (unpaired) electrons. The van der Waals surface area contributed by atoms with Gasteiger partial charge in [-0.25, -0.2) is 4.39 Å². The highest BCUT2D eigenvalue weighted by Crippen LogP contribution is 2.18. The average molecular weight is 307 g/mol. The van der Waals surface area contributed by atoms with Crippen LogP contribution in [0, 0.1) is 12.7 Å². The van der Waals surface area contributed by atoms with Crippen molar-refractivity contribution >= 4 is 17.2 Å². The van der Waals surface area contributed by atoms with Gasteiger partial charge in [0.2, 0.25) is 5.91 Å². The molecule has 0 bridgehead atoms. The minimum atomic E-state index is -0.861. The van der Waals surface area contributed by atoms with Crippen molar-refractivity contribution in [2.45, 2.75) is 32.4 Å². The van der Waals surface area contributed by atoms with E-state index in [9.17, 15) is 14.3 Å². The second-order valence-electron chi connectivity index (χ2n) is 5.04. The molecule has 0 fully saturated rings. The molecule has 2 N–H and O–H groups in total. The maximum Gasteiger partial charge on any atom is 0.225 e. The molecule has 1 aromatic carbocycles. The van der Waals surface area contributed by atoms with Crippen LogP contribution in [0.15, 0.2) is 36.4 Å². The summed E-state index contributed by atoms with van der Waals surface area (Å²) in [5.41, 5.74) is 0.580. The van der Waals surface area contributed by atoms with E-state index in [0.29, 0.717) is 12.0 Å². The molecule has 2 aromatic rings. The van der Waals surface area contributed by atoms with Crippen LogP contribution in [0.25, 0.3) is 0 Å². The lowest BCUT2D eigenvalue weighted by Crippen LogP contribution is -2.37. The van der Waals surface area contributed by atoms with Gasteiger partial charge < -0.3 is 10.4 Å². The molecule has 0 aliphatic carbocycles. The third-order valence-electron chi connectivity index (χ3n) is 3.20. The highest BCUT2D eigenvalue weighted by molar-refractivity contribution is 7.12. The Labute approximate surface area is 127 Å². The van der Waals surface area contributed by atoms with Gasteiger partial charge in [0.25, 0.3) is 0 Å². The molecule has 1 amide bonds. The Morgan fingerprint density at radius 2 is 1.95 bits per heavy atom. The largest absolute Gasteiger partial charge is 0.386 e. The molecule has 5 heteroatoms. The van der Waals surface area contributed by atoms with Gasteiger partial charge in [0.15, 0.2) is 0 Å². The van der Waals surface area contributed by atoms with Gasteiger partial charge in [0.05, 0.1) is 18.6 Å². The number of amides is 1. The minimum absolute atomic E-state index is 0.134. The number of hydrogen-bond donors (Lipinski definition) is 2. The molecule has 3 nitrogen and oxygen atoms in total. The molecule has 1 heterocycles. The molecule has 2 rings (SSSR count). The SMILES string of the molecule is Cc1ccc(CC(=O)NC(C)C(O)c2ccc(F)cc2)s1. The Bertz CT molecular complexity index is 609. The fourth-order valence-corrected chi connectivity index (χ4v) is 2.96. The number of nitrogens with one attached hydrogen (secondary N) is 1. The van der Waals surface area contributed by atoms with Gasteiger partial charge in [-0.2, -0.15) is 0 Å². The molecule has 21 heavy (non-hydrogen) atoms. The van der Waals surface area contributed by atoms with E-state index in [4.69, 9.17) is 0 Å². The van der Waals surface area contributed by atoms with Crippen LogP contribution >= 0.6 is 11.3 Å². The van der Waals surface area contributed by atoms with Gasteiger partial charge in [-0.1, -0.05) is 12.1 Å². The van der Waals surface area contributed by atoms with Crippen molar-refractivity contribution in [2.24, 2.45) is 0 Å². The van der Waals surface area contributed by atoms with Crippen LogP contribution in [0.2, 0.25) is 0 Å². The van der Waals surface area contributed by atoms with Gasteiger partial charge in [-0.3, -0.25) is 4.79 Å².